The summed E-state index contributed by atoms with van der Waals surface area (Å²) in [5.41, 5.74) is 7.11. The Morgan fingerprint density at radius 3 is 2.79 bits per heavy atom. The van der Waals surface area contributed by atoms with Gasteiger partial charge >= 0.3 is 0 Å². The van der Waals surface area contributed by atoms with Crippen LogP contribution in [0, 0.1) is 0 Å². The van der Waals surface area contributed by atoms with Gasteiger partial charge in [-0.2, -0.15) is 0 Å². The van der Waals surface area contributed by atoms with E-state index in [-0.39, 0.29) is 0 Å². The smallest absolute Gasteiger partial charge is 0.0345 e. The van der Waals surface area contributed by atoms with Crippen molar-refractivity contribution < 1.29 is 0 Å². The summed E-state index contributed by atoms with van der Waals surface area (Å²) in [6.07, 6.45) is 9.13. The van der Waals surface area contributed by atoms with Gasteiger partial charge in [0.1, 0.15) is 0 Å². The summed E-state index contributed by atoms with van der Waals surface area (Å²) >= 11 is 0. The molecule has 2 heteroatoms. The van der Waals surface area contributed by atoms with E-state index < -0.39 is 0 Å². The summed E-state index contributed by atoms with van der Waals surface area (Å²) < 4.78 is 2.33. The van der Waals surface area contributed by atoms with Gasteiger partial charge in [0, 0.05) is 25.0 Å². The van der Waals surface area contributed by atoms with Crippen LogP contribution in [0.1, 0.15) is 43.7 Å². The maximum atomic E-state index is 5.60. The van der Waals surface area contributed by atoms with Crippen molar-refractivity contribution in [1.82, 2.24) is 4.57 Å². The fourth-order valence-corrected chi connectivity index (χ4v) is 2.54. The molecule has 1 aliphatic rings. The van der Waals surface area contributed by atoms with E-state index in [0.717, 1.165) is 19.0 Å². The predicted octanol–water partition coefficient (Wildman–Crippen LogP) is 2.49. The van der Waals surface area contributed by atoms with Gasteiger partial charge in [-0.15, -0.1) is 0 Å². The zero-order chi connectivity index (χ0) is 9.80. The van der Waals surface area contributed by atoms with Crippen molar-refractivity contribution in [2.24, 2.45) is 5.73 Å². The Balaban J connectivity index is 2.09. The van der Waals surface area contributed by atoms with Gasteiger partial charge < -0.3 is 10.3 Å². The molecule has 1 aliphatic carbocycles. The molecule has 2 nitrogen and oxygen atoms in total. The molecule has 0 bridgehead atoms. The van der Waals surface area contributed by atoms with Crippen LogP contribution >= 0.6 is 0 Å². The van der Waals surface area contributed by atoms with Crippen LogP contribution in [0.2, 0.25) is 0 Å². The molecule has 1 aromatic heterocycles. The molecule has 1 heterocycles. The molecule has 2 N–H and O–H groups in total. The van der Waals surface area contributed by atoms with Crippen LogP contribution in [-0.2, 0) is 6.54 Å². The van der Waals surface area contributed by atoms with E-state index in [9.17, 15) is 0 Å². The first kappa shape index (κ1) is 9.78. The van der Waals surface area contributed by atoms with Crippen LogP contribution in [0.4, 0.5) is 0 Å². The quantitative estimate of drug-likeness (QED) is 0.783. The van der Waals surface area contributed by atoms with Crippen LogP contribution in [-0.4, -0.2) is 11.1 Å². The lowest BCUT2D eigenvalue weighted by Gasteiger charge is -2.23. The predicted molar refractivity (Wildman–Crippen MR) is 59.3 cm³/mol. The number of hydrogen-bond donors (Lipinski definition) is 1. The van der Waals surface area contributed by atoms with Gasteiger partial charge in [-0.3, -0.25) is 0 Å². The monoisotopic (exact) mass is 192 g/mol. The highest BCUT2D eigenvalue weighted by Crippen LogP contribution is 2.32. The van der Waals surface area contributed by atoms with Crippen molar-refractivity contribution in [3.8, 4) is 0 Å². The Labute approximate surface area is 86.1 Å². The first-order chi connectivity index (χ1) is 6.92. The summed E-state index contributed by atoms with van der Waals surface area (Å²) in [6, 6.07) is 4.42. The summed E-state index contributed by atoms with van der Waals surface area (Å²) in [5, 5.41) is 0. The van der Waals surface area contributed by atoms with E-state index in [1.165, 1.54) is 37.8 Å². The van der Waals surface area contributed by atoms with Crippen LogP contribution in [0.3, 0.4) is 0 Å². The van der Waals surface area contributed by atoms with E-state index in [2.05, 4.69) is 22.9 Å². The Bertz CT molecular complexity index is 272. The Kier molecular flexibility index (Phi) is 3.25. The van der Waals surface area contributed by atoms with Gasteiger partial charge in [0.2, 0.25) is 0 Å². The van der Waals surface area contributed by atoms with Gasteiger partial charge in [0.15, 0.2) is 0 Å². The van der Waals surface area contributed by atoms with Crippen LogP contribution in [0.15, 0.2) is 18.3 Å². The molecule has 0 unspecified atom stereocenters. The molecule has 0 aromatic carbocycles. The third kappa shape index (κ3) is 2.01. The van der Waals surface area contributed by atoms with E-state index in [0.29, 0.717) is 0 Å². The molecule has 0 spiro atoms. The number of rotatable bonds is 3. The van der Waals surface area contributed by atoms with Gasteiger partial charge in [0.25, 0.3) is 0 Å². The Hall–Kier alpha value is -0.760. The van der Waals surface area contributed by atoms with E-state index >= 15 is 0 Å². The zero-order valence-corrected chi connectivity index (χ0v) is 8.78. The highest BCUT2D eigenvalue weighted by atomic mass is 15.0. The fraction of sp³-hybridized carbons (Fsp3) is 0.667. The second kappa shape index (κ2) is 4.65. The average molecular weight is 192 g/mol. The van der Waals surface area contributed by atoms with E-state index in [1.807, 2.05) is 0 Å². The van der Waals surface area contributed by atoms with Gasteiger partial charge in [-0.25, -0.2) is 0 Å². The molecule has 1 fully saturated rings. The van der Waals surface area contributed by atoms with Gasteiger partial charge in [0.05, 0.1) is 0 Å². The number of aromatic nitrogens is 1. The maximum absolute atomic E-state index is 5.60. The number of nitrogens with zero attached hydrogens (tertiary/aromatic N) is 1. The molecule has 1 aromatic rings. The standard InChI is InChI=1S/C12H20N2/c13-8-10-14-9-4-7-12(14)11-5-2-1-3-6-11/h4,7,9,11H,1-3,5-6,8,10,13H2. The summed E-state index contributed by atoms with van der Waals surface area (Å²) in [7, 11) is 0. The minimum absolute atomic E-state index is 0.744. The fourth-order valence-electron chi connectivity index (χ4n) is 2.54. The van der Waals surface area contributed by atoms with Crippen molar-refractivity contribution in [3.05, 3.63) is 24.0 Å². The molecule has 2 rings (SSSR count). The van der Waals surface area contributed by atoms with Crippen molar-refractivity contribution in [2.75, 3.05) is 6.54 Å². The van der Waals surface area contributed by atoms with Crippen molar-refractivity contribution in [3.63, 3.8) is 0 Å². The van der Waals surface area contributed by atoms with Crippen molar-refractivity contribution >= 4 is 0 Å². The maximum Gasteiger partial charge on any atom is 0.0345 e. The first-order valence-corrected chi connectivity index (χ1v) is 5.77. The third-order valence-corrected chi connectivity index (χ3v) is 3.26. The lowest BCUT2D eigenvalue weighted by molar-refractivity contribution is 0.424. The molecule has 1 saturated carbocycles. The van der Waals surface area contributed by atoms with Crippen LogP contribution < -0.4 is 5.73 Å². The molecular formula is C12H20N2. The minimum Gasteiger partial charge on any atom is -0.350 e. The second-order valence-corrected chi connectivity index (χ2v) is 4.25. The molecule has 0 amide bonds. The van der Waals surface area contributed by atoms with E-state index in [1.54, 1.807) is 0 Å². The molecule has 0 radical (unpaired) electrons. The highest BCUT2D eigenvalue weighted by molar-refractivity contribution is 5.13. The van der Waals surface area contributed by atoms with Crippen LogP contribution in [0.25, 0.3) is 0 Å². The van der Waals surface area contributed by atoms with Gasteiger partial charge in [-0.1, -0.05) is 19.3 Å². The summed E-state index contributed by atoms with van der Waals surface area (Å²) in [6.45, 7) is 1.72. The summed E-state index contributed by atoms with van der Waals surface area (Å²) in [4.78, 5) is 0. The van der Waals surface area contributed by atoms with Gasteiger partial charge in [-0.05, 0) is 30.9 Å². The van der Waals surface area contributed by atoms with E-state index in [4.69, 9.17) is 5.73 Å². The minimum atomic E-state index is 0.744. The number of hydrogen-bond acceptors (Lipinski definition) is 1. The molecule has 0 aliphatic heterocycles. The topological polar surface area (TPSA) is 30.9 Å². The molecule has 0 saturated heterocycles. The Morgan fingerprint density at radius 2 is 2.07 bits per heavy atom. The normalized spacial score (nSPS) is 18.6. The lowest BCUT2D eigenvalue weighted by atomic mass is 9.87. The van der Waals surface area contributed by atoms with Crippen molar-refractivity contribution in [2.45, 2.75) is 44.6 Å². The molecule has 0 atom stereocenters. The third-order valence-electron chi connectivity index (χ3n) is 3.26. The molecular weight excluding hydrogens is 172 g/mol. The first-order valence-electron chi connectivity index (χ1n) is 5.77. The lowest BCUT2D eigenvalue weighted by Crippen LogP contribution is -2.15. The largest absolute Gasteiger partial charge is 0.350 e. The number of nitrogens with two attached hydrogens (primary N) is 1. The molecule has 78 valence electrons. The second-order valence-electron chi connectivity index (χ2n) is 4.25. The average Bonchev–Trinajstić information content (AvgIpc) is 2.68. The summed E-state index contributed by atoms with van der Waals surface area (Å²) in [5.74, 6) is 0.797. The van der Waals surface area contributed by atoms with Crippen molar-refractivity contribution in [1.29, 1.82) is 0 Å². The van der Waals surface area contributed by atoms with Crippen LogP contribution in [0.5, 0.6) is 0 Å². The molecule has 14 heavy (non-hydrogen) atoms. The SMILES string of the molecule is NCCn1cccc1C1CCCCC1. The Morgan fingerprint density at radius 1 is 1.29 bits per heavy atom. The highest BCUT2D eigenvalue weighted by Gasteiger charge is 2.17. The zero-order valence-electron chi connectivity index (χ0n) is 8.78.